The van der Waals surface area contributed by atoms with Gasteiger partial charge in [0.15, 0.2) is 0 Å². The van der Waals surface area contributed by atoms with Gasteiger partial charge in [-0.3, -0.25) is 0 Å². The van der Waals surface area contributed by atoms with Crippen molar-refractivity contribution in [2.45, 2.75) is 19.0 Å². The van der Waals surface area contributed by atoms with Crippen LogP contribution >= 0.6 is 0 Å². The first-order valence-electron chi connectivity index (χ1n) is 6.11. The van der Waals surface area contributed by atoms with Crippen LogP contribution in [0.15, 0.2) is 28.7 Å². The van der Waals surface area contributed by atoms with Crippen molar-refractivity contribution < 1.29 is 13.2 Å². The molecule has 0 saturated carbocycles. The van der Waals surface area contributed by atoms with Crippen LogP contribution in [0.1, 0.15) is 24.6 Å². The monoisotopic (exact) mass is 281 g/mol. The summed E-state index contributed by atoms with van der Waals surface area (Å²) in [6, 6.07) is 7.39. The van der Waals surface area contributed by atoms with Crippen LogP contribution in [0.4, 0.5) is 0 Å². The van der Waals surface area contributed by atoms with Gasteiger partial charge < -0.3 is 9.64 Å². The molecule has 6 nitrogen and oxygen atoms in total. The third-order valence-corrected chi connectivity index (χ3v) is 4.33. The first kappa shape index (κ1) is 12.4. The lowest BCUT2D eigenvalue weighted by molar-refractivity contribution is 0.315. The molecule has 0 unspecified atom stereocenters. The molecule has 7 heteroatoms. The highest BCUT2D eigenvalue weighted by atomic mass is 32.2. The van der Waals surface area contributed by atoms with Crippen molar-refractivity contribution in [3.63, 3.8) is 0 Å². The van der Waals surface area contributed by atoms with Crippen LogP contribution in [0.5, 0.6) is 5.75 Å². The molecule has 0 amide bonds. The largest absolute Gasteiger partial charge is 0.497 e. The van der Waals surface area contributed by atoms with E-state index in [1.165, 1.54) is 0 Å². The highest BCUT2D eigenvalue weighted by Gasteiger charge is 2.35. The topological polar surface area (TPSA) is 71.0 Å². The summed E-state index contributed by atoms with van der Waals surface area (Å²) in [6.45, 7) is 0.818. The standard InChI is InChI=1S/C12H15N3O3S/c1-18-10-6-4-9(5-7-10)12-14-19(16,17)13-11-3-2-8-15(11)12/h4-7,12,14H,2-3,8H2,1H3/t12-/m1/s1. The van der Waals surface area contributed by atoms with Crippen LogP contribution in [-0.2, 0) is 10.2 Å². The number of methoxy groups -OCH3 is 1. The van der Waals surface area contributed by atoms with E-state index in [9.17, 15) is 8.42 Å². The molecule has 1 fully saturated rings. The van der Waals surface area contributed by atoms with Crippen molar-refractivity contribution in [2.24, 2.45) is 4.40 Å². The van der Waals surface area contributed by atoms with Gasteiger partial charge in [0.05, 0.1) is 7.11 Å². The molecule has 1 saturated heterocycles. The molecule has 2 aliphatic heterocycles. The highest BCUT2D eigenvalue weighted by molar-refractivity contribution is 7.88. The molecule has 3 rings (SSSR count). The fraction of sp³-hybridized carbons (Fsp3) is 0.417. The zero-order valence-corrected chi connectivity index (χ0v) is 11.4. The van der Waals surface area contributed by atoms with Crippen molar-refractivity contribution in [3.05, 3.63) is 29.8 Å². The average molecular weight is 281 g/mol. The molecule has 2 heterocycles. The molecule has 1 aromatic carbocycles. The number of benzene rings is 1. The zero-order valence-electron chi connectivity index (χ0n) is 10.5. The Morgan fingerprint density at radius 2 is 2.11 bits per heavy atom. The van der Waals surface area contributed by atoms with Crippen LogP contribution in [0.2, 0.25) is 0 Å². The van der Waals surface area contributed by atoms with E-state index in [1.54, 1.807) is 7.11 Å². The van der Waals surface area contributed by atoms with Crippen LogP contribution in [0.3, 0.4) is 0 Å². The maximum absolute atomic E-state index is 11.8. The molecule has 0 radical (unpaired) electrons. The van der Waals surface area contributed by atoms with Crippen molar-refractivity contribution >= 4 is 16.0 Å². The minimum absolute atomic E-state index is 0.370. The van der Waals surface area contributed by atoms with Gasteiger partial charge in [-0.1, -0.05) is 12.1 Å². The second kappa shape index (κ2) is 4.50. The molecule has 1 atom stereocenters. The molecule has 0 bridgehead atoms. The predicted octanol–water partition coefficient (Wildman–Crippen LogP) is 1.04. The fourth-order valence-electron chi connectivity index (χ4n) is 2.46. The lowest BCUT2D eigenvalue weighted by Crippen LogP contribution is -2.45. The number of nitrogens with zero attached hydrogens (tertiary/aromatic N) is 2. The molecular weight excluding hydrogens is 266 g/mol. The zero-order chi connectivity index (χ0) is 13.5. The Kier molecular flexibility index (Phi) is 2.94. The Bertz CT molecular complexity index is 610. The molecule has 1 aromatic rings. The summed E-state index contributed by atoms with van der Waals surface area (Å²) < 4.78 is 35.0. The van der Waals surface area contributed by atoms with Gasteiger partial charge in [0.2, 0.25) is 0 Å². The van der Waals surface area contributed by atoms with Gasteiger partial charge in [0, 0.05) is 13.0 Å². The summed E-state index contributed by atoms with van der Waals surface area (Å²) in [6.07, 6.45) is 1.28. The molecule has 102 valence electrons. The van der Waals surface area contributed by atoms with Gasteiger partial charge in [0.25, 0.3) is 0 Å². The van der Waals surface area contributed by atoms with Gasteiger partial charge >= 0.3 is 10.2 Å². The van der Waals surface area contributed by atoms with Crippen molar-refractivity contribution in [3.8, 4) is 5.75 Å². The van der Waals surface area contributed by atoms with Crippen LogP contribution in [0, 0.1) is 0 Å². The summed E-state index contributed by atoms with van der Waals surface area (Å²) in [7, 11) is -1.98. The predicted molar refractivity (Wildman–Crippen MR) is 71.2 cm³/mol. The minimum atomic E-state index is -3.58. The number of amidine groups is 1. The normalized spacial score (nSPS) is 24.8. The summed E-state index contributed by atoms with van der Waals surface area (Å²) in [5.41, 5.74) is 0.888. The van der Waals surface area contributed by atoms with E-state index in [1.807, 2.05) is 29.2 Å². The quantitative estimate of drug-likeness (QED) is 0.879. The molecule has 0 spiro atoms. The Morgan fingerprint density at radius 1 is 1.37 bits per heavy atom. The van der Waals surface area contributed by atoms with E-state index >= 15 is 0 Å². The Labute approximate surface area is 112 Å². The minimum Gasteiger partial charge on any atom is -0.497 e. The number of hydrogen-bond acceptors (Lipinski definition) is 4. The highest BCUT2D eigenvalue weighted by Crippen LogP contribution is 2.29. The maximum atomic E-state index is 11.8. The first-order chi connectivity index (χ1) is 9.09. The van der Waals surface area contributed by atoms with Gasteiger partial charge in [-0.15, -0.1) is 4.40 Å². The van der Waals surface area contributed by atoms with Gasteiger partial charge in [-0.05, 0) is 24.1 Å². The molecule has 0 aliphatic carbocycles. The fourth-order valence-corrected chi connectivity index (χ4v) is 3.53. The number of hydrogen-bond donors (Lipinski definition) is 1. The van der Waals surface area contributed by atoms with E-state index in [-0.39, 0.29) is 6.17 Å². The van der Waals surface area contributed by atoms with Crippen molar-refractivity contribution in [1.82, 2.24) is 9.62 Å². The smallest absolute Gasteiger partial charge is 0.323 e. The molecular formula is C12H15N3O3S. The molecule has 1 N–H and O–H groups in total. The average Bonchev–Trinajstić information content (AvgIpc) is 2.84. The van der Waals surface area contributed by atoms with Gasteiger partial charge in [-0.25, -0.2) is 0 Å². The summed E-state index contributed by atoms with van der Waals surface area (Å²) in [5, 5.41) is 0. The second-order valence-corrected chi connectivity index (χ2v) is 5.94. The van der Waals surface area contributed by atoms with Crippen molar-refractivity contribution in [1.29, 1.82) is 0 Å². The van der Waals surface area contributed by atoms with E-state index in [0.717, 1.165) is 24.3 Å². The number of fused-ring (bicyclic) bond motifs is 1. The van der Waals surface area contributed by atoms with Crippen LogP contribution in [0.25, 0.3) is 0 Å². The van der Waals surface area contributed by atoms with E-state index in [4.69, 9.17) is 4.74 Å². The van der Waals surface area contributed by atoms with E-state index in [2.05, 4.69) is 9.12 Å². The number of nitrogens with one attached hydrogen (secondary N) is 1. The lowest BCUT2D eigenvalue weighted by atomic mass is 10.1. The Balaban J connectivity index is 1.97. The maximum Gasteiger partial charge on any atom is 0.323 e. The molecule has 19 heavy (non-hydrogen) atoms. The van der Waals surface area contributed by atoms with Crippen molar-refractivity contribution in [2.75, 3.05) is 13.7 Å². The summed E-state index contributed by atoms with van der Waals surface area (Å²) in [5.74, 6) is 1.40. The SMILES string of the molecule is COc1ccc([C@@H]2NS(=O)(=O)N=C3CCCN32)cc1. The Hall–Kier alpha value is -1.60. The van der Waals surface area contributed by atoms with E-state index in [0.29, 0.717) is 12.3 Å². The van der Waals surface area contributed by atoms with Crippen LogP contribution < -0.4 is 9.46 Å². The van der Waals surface area contributed by atoms with E-state index < -0.39 is 10.2 Å². The van der Waals surface area contributed by atoms with Gasteiger partial charge in [0.1, 0.15) is 17.8 Å². The number of rotatable bonds is 2. The lowest BCUT2D eigenvalue weighted by Gasteiger charge is -2.33. The second-order valence-electron chi connectivity index (χ2n) is 4.57. The molecule has 2 aliphatic rings. The summed E-state index contributed by atoms with van der Waals surface area (Å²) in [4.78, 5) is 2.00. The third kappa shape index (κ3) is 2.31. The number of ether oxygens (including phenoxy) is 1. The van der Waals surface area contributed by atoms with Gasteiger partial charge in [-0.2, -0.15) is 13.1 Å². The third-order valence-electron chi connectivity index (χ3n) is 3.36. The summed E-state index contributed by atoms with van der Waals surface area (Å²) >= 11 is 0. The Morgan fingerprint density at radius 3 is 2.79 bits per heavy atom. The molecule has 0 aromatic heterocycles. The first-order valence-corrected chi connectivity index (χ1v) is 7.55. The van der Waals surface area contributed by atoms with Crippen LogP contribution in [-0.4, -0.2) is 32.8 Å².